The maximum Gasteiger partial charge on any atom is 0.472 e. The summed E-state index contributed by atoms with van der Waals surface area (Å²) in [4.78, 5) is 35.6. The van der Waals surface area contributed by atoms with Gasteiger partial charge in [0.15, 0.2) is 6.10 Å². The number of hydrogen-bond donors (Lipinski definition) is 6. The zero-order valence-electron chi connectivity index (χ0n) is 38.1. The highest BCUT2D eigenvalue weighted by molar-refractivity contribution is 7.47. The highest BCUT2D eigenvalue weighted by atomic mass is 31.2. The van der Waals surface area contributed by atoms with E-state index in [9.17, 15) is 44.6 Å². The van der Waals surface area contributed by atoms with E-state index in [1.165, 1.54) is 64.2 Å². The highest BCUT2D eigenvalue weighted by Crippen LogP contribution is 2.47. The minimum Gasteiger partial charge on any atom is -0.462 e. The Labute approximate surface area is 378 Å². The number of phosphoric ester groups is 1. The molecule has 0 aromatic heterocycles. The molecule has 0 aromatic rings. The number of hydrogen-bond acceptors (Lipinski definition) is 12. The average molecular weight is 909 g/mol. The second kappa shape index (κ2) is 38.3. The normalized spacial score (nSPS) is 22.5. The summed E-state index contributed by atoms with van der Waals surface area (Å²) < 4.78 is 33.4. The van der Waals surface area contributed by atoms with E-state index in [-0.39, 0.29) is 12.8 Å². The van der Waals surface area contributed by atoms with Gasteiger partial charge in [-0.25, -0.2) is 4.57 Å². The van der Waals surface area contributed by atoms with Crippen molar-refractivity contribution in [1.29, 1.82) is 0 Å². The van der Waals surface area contributed by atoms with Crippen molar-refractivity contribution in [3.8, 4) is 0 Å². The van der Waals surface area contributed by atoms with Gasteiger partial charge in [0.2, 0.25) is 0 Å². The number of phosphoric acid groups is 1. The van der Waals surface area contributed by atoms with E-state index in [4.69, 9.17) is 18.5 Å². The topological polar surface area (TPSA) is 210 Å². The largest absolute Gasteiger partial charge is 0.472 e. The summed E-state index contributed by atoms with van der Waals surface area (Å²) in [5.74, 6) is -1.24. The van der Waals surface area contributed by atoms with Crippen LogP contribution in [0.1, 0.15) is 155 Å². The lowest BCUT2D eigenvalue weighted by Gasteiger charge is -2.41. The fourth-order valence-electron chi connectivity index (χ4n) is 6.42. The Morgan fingerprint density at radius 3 is 1.40 bits per heavy atom. The van der Waals surface area contributed by atoms with E-state index >= 15 is 0 Å². The van der Waals surface area contributed by atoms with Crippen LogP contribution >= 0.6 is 7.82 Å². The standard InChI is InChI=1S/C49H81O13P/c1-3-5-7-9-11-13-15-17-18-19-20-21-22-23-24-26-27-29-31-33-35-37-42(50)59-39-41(40-60-63(57,58)62-49-47(55)45(53)44(52)46(54)48(49)56)61-43(51)38-36-34-32-30-28-25-16-14-12-10-8-6-4-2/h11,13,17-18,20-21,23-25,27-29,32,34,41,44-49,52-56H,3-10,12,14-16,19,22,26,30-31,33,35-40H2,1-2H3,(H,57,58)/b13-11+,18-17+,21-20+,24-23+,28-25+,29-27+,34-32+/t41?,44?,45-,46?,47?,48?,49?/m0/s1. The van der Waals surface area contributed by atoms with Crippen molar-refractivity contribution in [3.63, 3.8) is 0 Å². The molecule has 0 spiro atoms. The average Bonchev–Trinajstić information content (AvgIpc) is 3.26. The van der Waals surface area contributed by atoms with Crippen LogP contribution in [-0.4, -0.2) is 98.3 Å². The van der Waals surface area contributed by atoms with Crippen LogP contribution in [0.3, 0.4) is 0 Å². The van der Waals surface area contributed by atoms with Crippen molar-refractivity contribution in [2.24, 2.45) is 0 Å². The van der Waals surface area contributed by atoms with Crippen molar-refractivity contribution in [2.45, 2.75) is 198 Å². The number of ether oxygens (including phenoxy) is 2. The molecule has 1 fully saturated rings. The summed E-state index contributed by atoms with van der Waals surface area (Å²) in [5.41, 5.74) is 0. The smallest absolute Gasteiger partial charge is 0.462 e. The van der Waals surface area contributed by atoms with Gasteiger partial charge in [-0.3, -0.25) is 18.6 Å². The quantitative estimate of drug-likeness (QED) is 0.0149. The van der Waals surface area contributed by atoms with Gasteiger partial charge in [-0.1, -0.05) is 144 Å². The van der Waals surface area contributed by atoms with Crippen LogP contribution in [0, 0.1) is 0 Å². The third-order valence-corrected chi connectivity index (χ3v) is 11.2. The van der Waals surface area contributed by atoms with E-state index < -0.39 is 75.7 Å². The molecule has 0 aromatic carbocycles. The number of unbranched alkanes of at least 4 members (excludes halogenated alkanes) is 11. The Morgan fingerprint density at radius 2 is 0.889 bits per heavy atom. The van der Waals surface area contributed by atoms with Crippen molar-refractivity contribution >= 4 is 19.8 Å². The van der Waals surface area contributed by atoms with E-state index in [2.05, 4.69) is 86.8 Å². The van der Waals surface area contributed by atoms with Crippen LogP contribution in [-0.2, 0) is 32.7 Å². The van der Waals surface area contributed by atoms with E-state index in [1.807, 2.05) is 12.2 Å². The summed E-state index contributed by atoms with van der Waals surface area (Å²) in [6.07, 6.45) is 36.6. The first kappa shape index (κ1) is 58.0. The maximum atomic E-state index is 12.8. The Hall–Kier alpha value is -2.97. The predicted molar refractivity (Wildman–Crippen MR) is 248 cm³/mol. The lowest BCUT2D eigenvalue weighted by atomic mass is 9.85. The molecule has 1 aliphatic carbocycles. The first-order valence-corrected chi connectivity index (χ1v) is 24.9. The lowest BCUT2D eigenvalue weighted by molar-refractivity contribution is -0.220. The summed E-state index contributed by atoms with van der Waals surface area (Å²) in [7, 11) is -5.15. The zero-order chi connectivity index (χ0) is 46.4. The number of carbonyl (C=O) groups excluding carboxylic acids is 2. The second-order valence-electron chi connectivity index (χ2n) is 15.9. The Kier molecular flexibility index (Phi) is 35.3. The third-order valence-electron chi connectivity index (χ3n) is 10.2. The summed E-state index contributed by atoms with van der Waals surface area (Å²) in [5, 5.41) is 50.1. The number of aliphatic hydroxyl groups excluding tert-OH is 5. The maximum absolute atomic E-state index is 12.8. The molecule has 7 unspecified atom stereocenters. The molecular formula is C49H81O13P. The van der Waals surface area contributed by atoms with Gasteiger partial charge in [0.05, 0.1) is 6.61 Å². The molecule has 0 bridgehead atoms. The molecule has 1 aliphatic rings. The van der Waals surface area contributed by atoms with Crippen LogP contribution < -0.4 is 0 Å². The first-order chi connectivity index (χ1) is 30.4. The number of esters is 2. The van der Waals surface area contributed by atoms with Gasteiger partial charge in [-0.05, 0) is 83.5 Å². The van der Waals surface area contributed by atoms with Gasteiger partial charge < -0.3 is 39.9 Å². The van der Waals surface area contributed by atoms with E-state index in [1.54, 1.807) is 0 Å². The minimum absolute atomic E-state index is 0.0236. The van der Waals surface area contributed by atoms with Crippen LogP contribution in [0.4, 0.5) is 0 Å². The van der Waals surface area contributed by atoms with Crippen molar-refractivity contribution < 1.29 is 63.1 Å². The van der Waals surface area contributed by atoms with Gasteiger partial charge >= 0.3 is 19.8 Å². The molecule has 360 valence electrons. The summed E-state index contributed by atoms with van der Waals surface area (Å²) in [6.45, 7) is 3.16. The Morgan fingerprint density at radius 1 is 0.492 bits per heavy atom. The number of carbonyl (C=O) groups is 2. The molecule has 63 heavy (non-hydrogen) atoms. The SMILES string of the molecule is CCCCC/C=C/C/C=C/C/C=C/C/C=C/C/C=C/CCCCC(=O)OCC(COP(=O)(O)OC1C(O)C(O)C(O)[C@H](O)C1O)OC(=O)CC/C=C/C/C=C/CCCCCCCC. The summed E-state index contributed by atoms with van der Waals surface area (Å²) >= 11 is 0. The molecule has 8 atom stereocenters. The monoisotopic (exact) mass is 909 g/mol. The molecule has 0 radical (unpaired) electrons. The minimum atomic E-state index is -5.15. The fourth-order valence-corrected chi connectivity index (χ4v) is 7.39. The van der Waals surface area contributed by atoms with Crippen molar-refractivity contribution in [3.05, 3.63) is 85.1 Å². The lowest BCUT2D eigenvalue weighted by Crippen LogP contribution is -2.64. The first-order valence-electron chi connectivity index (χ1n) is 23.4. The van der Waals surface area contributed by atoms with Crippen LogP contribution in [0.5, 0.6) is 0 Å². The van der Waals surface area contributed by atoms with Gasteiger partial charge in [-0.15, -0.1) is 0 Å². The number of rotatable bonds is 37. The van der Waals surface area contributed by atoms with Gasteiger partial charge in [-0.2, -0.15) is 0 Å². The Balaban J connectivity index is 2.51. The summed E-state index contributed by atoms with van der Waals surface area (Å²) in [6, 6.07) is 0. The number of aliphatic hydroxyl groups is 5. The molecule has 1 saturated carbocycles. The molecule has 13 nitrogen and oxygen atoms in total. The predicted octanol–water partition coefficient (Wildman–Crippen LogP) is 9.28. The zero-order valence-corrected chi connectivity index (χ0v) is 39.0. The molecule has 0 heterocycles. The third kappa shape index (κ3) is 30.7. The molecule has 0 amide bonds. The number of allylic oxidation sites excluding steroid dienone is 14. The van der Waals surface area contributed by atoms with Crippen LogP contribution in [0.25, 0.3) is 0 Å². The van der Waals surface area contributed by atoms with Crippen LogP contribution in [0.15, 0.2) is 85.1 Å². The van der Waals surface area contributed by atoms with E-state index in [0.717, 1.165) is 51.4 Å². The molecule has 0 aliphatic heterocycles. The second-order valence-corrected chi connectivity index (χ2v) is 17.3. The molecule has 0 saturated heterocycles. The molecule has 1 rings (SSSR count). The fraction of sp³-hybridized carbons (Fsp3) is 0.673. The van der Waals surface area contributed by atoms with Crippen molar-refractivity contribution in [1.82, 2.24) is 0 Å². The molecular weight excluding hydrogens is 827 g/mol. The molecule has 14 heteroatoms. The van der Waals surface area contributed by atoms with Crippen LogP contribution in [0.2, 0.25) is 0 Å². The van der Waals surface area contributed by atoms with E-state index in [0.29, 0.717) is 12.8 Å². The highest BCUT2D eigenvalue weighted by Gasteiger charge is 2.51. The van der Waals surface area contributed by atoms with Gasteiger partial charge in [0.1, 0.15) is 43.2 Å². The van der Waals surface area contributed by atoms with Gasteiger partial charge in [0.25, 0.3) is 0 Å². The van der Waals surface area contributed by atoms with Gasteiger partial charge in [0, 0.05) is 12.8 Å². The van der Waals surface area contributed by atoms with Crippen molar-refractivity contribution in [2.75, 3.05) is 13.2 Å². The molecule has 6 N–H and O–H groups in total. The Bertz CT molecular complexity index is 1420.